The predicted octanol–water partition coefficient (Wildman–Crippen LogP) is 1.97. The number of nitrogens with one attached hydrogen (secondary N) is 1. The Balaban J connectivity index is 1.89. The van der Waals surface area contributed by atoms with E-state index in [9.17, 15) is 4.79 Å². The minimum Gasteiger partial charge on any atom is -0.354 e. The molecule has 1 aromatic heterocycles. The van der Waals surface area contributed by atoms with Crippen LogP contribution < -0.4 is 11.1 Å². The minimum absolute atomic E-state index is 0.0720. The number of hydrogen-bond donors (Lipinski definition) is 2. The van der Waals surface area contributed by atoms with Gasteiger partial charge in [-0.3, -0.25) is 9.78 Å². The van der Waals surface area contributed by atoms with Crippen LogP contribution in [0, 0.1) is 0 Å². The largest absolute Gasteiger partial charge is 0.354 e. The zero-order valence-corrected chi connectivity index (χ0v) is 13.0. The van der Waals surface area contributed by atoms with Crippen molar-refractivity contribution in [2.45, 2.75) is 18.9 Å². The first kappa shape index (κ1) is 15.8. The molecule has 0 aliphatic heterocycles. The van der Waals surface area contributed by atoms with Crippen molar-refractivity contribution in [3.63, 3.8) is 0 Å². The Hall–Kier alpha value is -1.59. The summed E-state index contributed by atoms with van der Waals surface area (Å²) in [5.41, 5.74) is 7.98. The number of para-hydroxylation sites is 1. The molecule has 1 atom stereocenters. The van der Waals surface area contributed by atoms with E-state index in [2.05, 4.69) is 16.4 Å². The highest BCUT2D eigenvalue weighted by molar-refractivity contribution is 7.98. The molecule has 0 aliphatic carbocycles. The van der Waals surface area contributed by atoms with Crippen LogP contribution in [0.15, 0.2) is 36.5 Å². The predicted molar refractivity (Wildman–Crippen MR) is 89.4 cm³/mol. The number of nitrogens with zero attached hydrogens (tertiary/aromatic N) is 1. The second-order valence-corrected chi connectivity index (χ2v) is 5.91. The van der Waals surface area contributed by atoms with E-state index in [1.165, 1.54) is 0 Å². The first-order valence-electron chi connectivity index (χ1n) is 7.07. The summed E-state index contributed by atoms with van der Waals surface area (Å²) >= 11 is 1.70. The number of aromatic nitrogens is 1. The van der Waals surface area contributed by atoms with Gasteiger partial charge in [0.1, 0.15) is 0 Å². The molecule has 0 spiro atoms. The summed E-state index contributed by atoms with van der Waals surface area (Å²) in [5.74, 6) is 0.833. The van der Waals surface area contributed by atoms with E-state index in [0.717, 1.165) is 28.6 Å². The molecule has 5 heteroatoms. The van der Waals surface area contributed by atoms with Gasteiger partial charge in [0.25, 0.3) is 0 Å². The average molecular weight is 303 g/mol. The zero-order valence-electron chi connectivity index (χ0n) is 12.2. The summed E-state index contributed by atoms with van der Waals surface area (Å²) in [6.07, 6.45) is 5.28. The van der Waals surface area contributed by atoms with Crippen molar-refractivity contribution in [2.24, 2.45) is 5.73 Å². The third-order valence-electron chi connectivity index (χ3n) is 3.38. The number of pyridine rings is 1. The molecule has 0 unspecified atom stereocenters. The van der Waals surface area contributed by atoms with Gasteiger partial charge in [-0.2, -0.15) is 11.8 Å². The summed E-state index contributed by atoms with van der Waals surface area (Å²) in [6.45, 7) is 0.585. The first-order chi connectivity index (χ1) is 10.2. The van der Waals surface area contributed by atoms with Crippen molar-refractivity contribution < 1.29 is 4.79 Å². The maximum atomic E-state index is 11.8. The van der Waals surface area contributed by atoms with Crippen LogP contribution in [0.1, 0.15) is 12.0 Å². The maximum absolute atomic E-state index is 11.8. The Bertz CT molecular complexity index is 598. The third kappa shape index (κ3) is 4.44. The van der Waals surface area contributed by atoms with Gasteiger partial charge in [0.05, 0.1) is 11.6 Å². The van der Waals surface area contributed by atoms with E-state index >= 15 is 0 Å². The monoisotopic (exact) mass is 303 g/mol. The summed E-state index contributed by atoms with van der Waals surface area (Å²) in [4.78, 5) is 16.3. The molecular formula is C16H21N3OS. The Morgan fingerprint density at radius 1 is 1.38 bits per heavy atom. The quantitative estimate of drug-likeness (QED) is 0.820. The molecule has 0 fully saturated rings. The van der Waals surface area contributed by atoms with Crippen LogP contribution >= 0.6 is 11.8 Å². The van der Waals surface area contributed by atoms with Crippen LogP contribution in [0.3, 0.4) is 0 Å². The molecular weight excluding hydrogens is 282 g/mol. The summed E-state index contributed by atoms with van der Waals surface area (Å²) in [7, 11) is 0. The minimum atomic E-state index is -0.414. The van der Waals surface area contributed by atoms with Gasteiger partial charge in [-0.15, -0.1) is 0 Å². The number of amides is 1. The second-order valence-electron chi connectivity index (χ2n) is 4.92. The SMILES string of the molecule is CSCC[C@@H](N)C(=O)NCCc1cccc2cccnc12. The topological polar surface area (TPSA) is 68.0 Å². The van der Waals surface area contributed by atoms with Crippen molar-refractivity contribution in [3.8, 4) is 0 Å². The van der Waals surface area contributed by atoms with E-state index in [1.807, 2.05) is 30.5 Å². The lowest BCUT2D eigenvalue weighted by Gasteiger charge is -2.12. The van der Waals surface area contributed by atoms with Crippen LogP contribution in [0.5, 0.6) is 0 Å². The first-order valence-corrected chi connectivity index (χ1v) is 8.46. The van der Waals surface area contributed by atoms with Crippen molar-refractivity contribution in [1.82, 2.24) is 10.3 Å². The van der Waals surface area contributed by atoms with Crippen molar-refractivity contribution in [1.29, 1.82) is 0 Å². The van der Waals surface area contributed by atoms with Crippen LogP contribution in [0.25, 0.3) is 10.9 Å². The number of carbonyl (C=O) groups excluding carboxylic acids is 1. The van der Waals surface area contributed by atoms with Gasteiger partial charge in [-0.05, 0) is 36.5 Å². The Labute approximate surface area is 129 Å². The van der Waals surface area contributed by atoms with E-state index in [1.54, 1.807) is 18.0 Å². The molecule has 1 heterocycles. The highest BCUT2D eigenvalue weighted by Crippen LogP contribution is 2.15. The molecule has 0 radical (unpaired) electrons. The van der Waals surface area contributed by atoms with Gasteiger partial charge in [0, 0.05) is 18.1 Å². The lowest BCUT2D eigenvalue weighted by molar-refractivity contribution is -0.122. The molecule has 4 nitrogen and oxygen atoms in total. The fourth-order valence-electron chi connectivity index (χ4n) is 2.20. The van der Waals surface area contributed by atoms with Gasteiger partial charge in [0.2, 0.25) is 5.91 Å². The molecule has 1 amide bonds. The van der Waals surface area contributed by atoms with Gasteiger partial charge in [-0.25, -0.2) is 0 Å². The van der Waals surface area contributed by atoms with Crippen LogP contribution in [0.4, 0.5) is 0 Å². The Kier molecular flexibility index (Phi) is 6.02. The smallest absolute Gasteiger partial charge is 0.236 e. The van der Waals surface area contributed by atoms with Crippen molar-refractivity contribution in [3.05, 3.63) is 42.1 Å². The van der Waals surface area contributed by atoms with Gasteiger partial charge >= 0.3 is 0 Å². The second kappa shape index (κ2) is 8.00. The number of hydrogen-bond acceptors (Lipinski definition) is 4. The van der Waals surface area contributed by atoms with E-state index in [-0.39, 0.29) is 5.91 Å². The summed E-state index contributed by atoms with van der Waals surface area (Å²) < 4.78 is 0. The van der Waals surface area contributed by atoms with Crippen LogP contribution in [-0.2, 0) is 11.2 Å². The highest BCUT2D eigenvalue weighted by atomic mass is 32.2. The van der Waals surface area contributed by atoms with Gasteiger partial charge in [0.15, 0.2) is 0 Å². The molecule has 3 N–H and O–H groups in total. The lowest BCUT2D eigenvalue weighted by atomic mass is 10.1. The van der Waals surface area contributed by atoms with Crippen LogP contribution in [-0.4, -0.2) is 35.5 Å². The standard InChI is InChI=1S/C16H21N3OS/c1-21-11-8-14(17)16(20)19-10-7-13-5-2-4-12-6-3-9-18-15(12)13/h2-6,9,14H,7-8,10-11,17H2,1H3,(H,19,20)/t14-/m1/s1. The van der Waals surface area contributed by atoms with E-state index in [4.69, 9.17) is 5.73 Å². The molecule has 21 heavy (non-hydrogen) atoms. The van der Waals surface area contributed by atoms with E-state index < -0.39 is 6.04 Å². The normalized spacial score (nSPS) is 12.3. The molecule has 112 valence electrons. The Morgan fingerprint density at radius 2 is 2.19 bits per heavy atom. The Morgan fingerprint density at radius 3 is 3.00 bits per heavy atom. The highest BCUT2D eigenvalue weighted by Gasteiger charge is 2.12. The average Bonchev–Trinajstić information content (AvgIpc) is 2.52. The number of nitrogens with two attached hydrogens (primary N) is 1. The third-order valence-corrected chi connectivity index (χ3v) is 4.02. The molecule has 0 saturated heterocycles. The number of rotatable bonds is 7. The molecule has 1 aromatic carbocycles. The fraction of sp³-hybridized carbons (Fsp3) is 0.375. The zero-order chi connectivity index (χ0) is 15.1. The number of fused-ring (bicyclic) bond motifs is 1. The maximum Gasteiger partial charge on any atom is 0.236 e. The molecule has 2 aromatic rings. The number of benzene rings is 1. The summed E-state index contributed by atoms with van der Waals surface area (Å²) in [6, 6.07) is 9.67. The van der Waals surface area contributed by atoms with Crippen LogP contribution in [0.2, 0.25) is 0 Å². The molecule has 0 bridgehead atoms. The molecule has 2 rings (SSSR count). The molecule has 0 aliphatic rings. The molecule has 0 saturated carbocycles. The van der Waals surface area contributed by atoms with Crippen molar-refractivity contribution in [2.75, 3.05) is 18.6 Å². The number of carbonyl (C=O) groups is 1. The number of thioether (sulfide) groups is 1. The fourth-order valence-corrected chi connectivity index (χ4v) is 2.69. The van der Waals surface area contributed by atoms with E-state index in [0.29, 0.717) is 13.0 Å². The van der Waals surface area contributed by atoms with Gasteiger partial charge < -0.3 is 11.1 Å². The summed E-state index contributed by atoms with van der Waals surface area (Å²) in [5, 5.41) is 4.03. The lowest BCUT2D eigenvalue weighted by Crippen LogP contribution is -2.41. The van der Waals surface area contributed by atoms with Gasteiger partial charge in [-0.1, -0.05) is 24.3 Å². The van der Waals surface area contributed by atoms with Crippen molar-refractivity contribution >= 4 is 28.6 Å².